The number of likely N-dealkylation sites (N-methyl/N-ethyl adjacent to an activating group) is 3. The Morgan fingerprint density at radius 3 is 1.68 bits per heavy atom. The number of phenols is 1. The van der Waals surface area contributed by atoms with Gasteiger partial charge in [0.1, 0.15) is 90.3 Å². The van der Waals surface area contributed by atoms with Gasteiger partial charge in [-0.25, -0.2) is 4.98 Å². The third kappa shape index (κ3) is 28.3. The number of rotatable bonds is 23. The number of primary amides is 2. The molecule has 0 aliphatic carbocycles. The van der Waals surface area contributed by atoms with Gasteiger partial charge in [-0.2, -0.15) is 0 Å². The number of carbonyl (C=O) groups is 18. The second-order valence-electron chi connectivity index (χ2n) is 33.8. The van der Waals surface area contributed by atoms with Crippen LogP contribution in [0.1, 0.15) is 140 Å². The SMILES string of the molecule is CCCC[C@H]1C(=O)N(C)[C@@H](CCCC)C(=O)N[C@@H](C)C(=O)N[C@H](C(=O)NCC(N)=O)CCCNCC(=O)N[C@@H](Cc2ccc(O)cc2)C(=O)N(C)[C@@H](C)C(=O)N[C@@H](CC(=O)O)C(=O)N2CCC[C@H]2C(=O)N[C@@H](Cc2cnc[nH]2)C(=O)N[C@@H](CCC(N)=O)C(=O)N2C[C@H](O)C[C@H]2C(=O)N[C@@H](Cc2c[nH]c3ccccc23)C(=O)N[C@@H](CO)C(=O)N[C@@H](Cc2c[nH]c3ccccc23)C(=O)N1C. The molecule has 0 radical (unpaired) electrons. The molecule has 44 heteroatoms. The smallest absolute Gasteiger partial charge is 0.305 e. The van der Waals surface area contributed by atoms with Crippen molar-refractivity contribution in [2.45, 2.75) is 234 Å². The van der Waals surface area contributed by atoms with Gasteiger partial charge < -0.3 is 130 Å². The van der Waals surface area contributed by atoms with Gasteiger partial charge in [0.2, 0.25) is 100 Å². The number of carbonyl (C=O) groups excluding carboxylic acids is 17. The lowest BCUT2D eigenvalue weighted by Gasteiger charge is -2.36. The molecule has 9 rings (SSSR count). The Kier molecular flexibility index (Phi) is 37.7. The predicted molar refractivity (Wildman–Crippen MR) is 478 cm³/mol. The monoisotopic (exact) mass is 1850 g/mol. The van der Waals surface area contributed by atoms with Gasteiger partial charge >= 0.3 is 5.97 Å². The van der Waals surface area contributed by atoms with Crippen LogP contribution in [-0.2, 0) is 112 Å². The molecule has 17 amide bonds. The summed E-state index contributed by atoms with van der Waals surface area (Å²) in [6.07, 6.45) is 2.11. The number of imidazole rings is 1. The lowest BCUT2D eigenvalue weighted by atomic mass is 10.00. The van der Waals surface area contributed by atoms with E-state index in [1.165, 1.54) is 71.8 Å². The van der Waals surface area contributed by atoms with E-state index in [0.717, 1.165) is 24.5 Å². The molecular formula is C89H122N22O22. The van der Waals surface area contributed by atoms with Gasteiger partial charge in [0, 0.05) is 119 Å². The molecule has 3 aliphatic heterocycles. The first kappa shape index (κ1) is 103. The third-order valence-electron chi connectivity index (χ3n) is 24.0. The van der Waals surface area contributed by atoms with E-state index in [2.05, 4.69) is 78.4 Å². The Morgan fingerprint density at radius 2 is 1.08 bits per heavy atom. The van der Waals surface area contributed by atoms with Crippen LogP contribution in [0.4, 0.5) is 0 Å². The Labute approximate surface area is 766 Å². The fraction of sp³-hybridized carbons (Fsp3) is 0.517. The van der Waals surface area contributed by atoms with Gasteiger partial charge in [-0.05, 0) is 106 Å². The largest absolute Gasteiger partial charge is 0.508 e. The zero-order chi connectivity index (χ0) is 97.0. The molecule has 3 saturated heterocycles. The molecule has 3 aromatic carbocycles. The van der Waals surface area contributed by atoms with Crippen molar-refractivity contribution < 1.29 is 107 Å². The van der Waals surface area contributed by atoms with Crippen LogP contribution in [0.2, 0.25) is 0 Å². The van der Waals surface area contributed by atoms with Crippen LogP contribution in [0.15, 0.2) is 97.7 Å². The van der Waals surface area contributed by atoms with Crippen LogP contribution >= 0.6 is 0 Å². The van der Waals surface area contributed by atoms with Gasteiger partial charge in [-0.1, -0.05) is 88.1 Å². The van der Waals surface area contributed by atoms with Crippen molar-refractivity contribution >= 4 is 128 Å². The third-order valence-corrected chi connectivity index (χ3v) is 24.0. The number of phenolic OH excluding ortho intramolecular Hbond substituents is 1. The van der Waals surface area contributed by atoms with Crippen molar-refractivity contribution in [3.63, 3.8) is 0 Å². The molecule has 0 saturated carbocycles. The number of carboxylic acids is 1. The predicted octanol–water partition coefficient (Wildman–Crippen LogP) is -3.72. The Morgan fingerprint density at radius 1 is 0.526 bits per heavy atom. The summed E-state index contributed by atoms with van der Waals surface area (Å²) < 4.78 is 0. The first-order valence-electron chi connectivity index (χ1n) is 44.4. The maximum atomic E-state index is 15.6. The number of H-pyrrole nitrogens is 3. The van der Waals surface area contributed by atoms with Gasteiger partial charge in [0.25, 0.3) is 0 Å². The highest BCUT2D eigenvalue weighted by molar-refractivity contribution is 6.02. The number of nitrogens with one attached hydrogen (secondary N) is 14. The van der Waals surface area contributed by atoms with Gasteiger partial charge in [0.15, 0.2) is 0 Å². The van der Waals surface area contributed by atoms with E-state index < -0.39 is 255 Å². The molecule has 6 aromatic rings. The van der Waals surface area contributed by atoms with Crippen LogP contribution in [0, 0.1) is 0 Å². The summed E-state index contributed by atoms with van der Waals surface area (Å²) in [5.41, 5.74) is 13.9. The molecule has 0 unspecified atom stereocenters. The molecule has 0 spiro atoms. The summed E-state index contributed by atoms with van der Waals surface area (Å²) in [6, 6.07) is -2.64. The number of aliphatic carboxylic acids is 1. The number of amides is 17. The van der Waals surface area contributed by atoms with E-state index in [4.69, 9.17) is 11.5 Å². The molecular weight excluding hydrogens is 1730 g/mol. The lowest BCUT2D eigenvalue weighted by Crippen LogP contribution is -2.61. The number of aliphatic hydroxyl groups is 2. The minimum absolute atomic E-state index is 0.0133. The summed E-state index contributed by atoms with van der Waals surface area (Å²) in [4.78, 5) is 278. The molecule has 3 fully saturated rings. The highest BCUT2D eigenvalue weighted by Crippen LogP contribution is 2.28. The number of benzene rings is 3. The summed E-state index contributed by atoms with van der Waals surface area (Å²) in [6.45, 7) is 3.20. The number of aliphatic hydroxyl groups excluding tert-OH is 2. The number of hydrogen-bond donors (Lipinski definition) is 20. The molecule has 6 heterocycles. The van der Waals surface area contributed by atoms with E-state index in [-0.39, 0.29) is 82.3 Å². The van der Waals surface area contributed by atoms with E-state index in [0.29, 0.717) is 64.2 Å². The Hall–Kier alpha value is -13.9. The molecule has 133 heavy (non-hydrogen) atoms. The van der Waals surface area contributed by atoms with Crippen LogP contribution in [0.5, 0.6) is 5.75 Å². The second kappa shape index (κ2) is 48.8. The van der Waals surface area contributed by atoms with Crippen molar-refractivity contribution in [2.75, 3.05) is 60.5 Å². The van der Waals surface area contributed by atoms with E-state index in [1.54, 1.807) is 60.9 Å². The van der Waals surface area contributed by atoms with Crippen LogP contribution in [-0.4, -0.2) is 322 Å². The van der Waals surface area contributed by atoms with Crippen molar-refractivity contribution in [2.24, 2.45) is 11.5 Å². The fourth-order valence-electron chi connectivity index (χ4n) is 16.4. The number of nitrogens with two attached hydrogens (primary N) is 2. The second-order valence-corrected chi connectivity index (χ2v) is 33.8. The van der Waals surface area contributed by atoms with Crippen molar-refractivity contribution in [1.29, 1.82) is 0 Å². The zero-order valence-corrected chi connectivity index (χ0v) is 75.3. The quantitative estimate of drug-likeness (QED) is 0.0293. The average Bonchev–Trinajstić information content (AvgIpc) is 1.65. The molecule has 44 nitrogen and oxygen atoms in total. The van der Waals surface area contributed by atoms with Gasteiger partial charge in [-0.15, -0.1) is 0 Å². The number of carboxylic acid groups (broad SMARTS) is 1. The van der Waals surface area contributed by atoms with Gasteiger partial charge in [0.05, 0.1) is 38.5 Å². The number of unbranched alkanes of at least 4 members (excludes halogenated alkanes) is 2. The first-order chi connectivity index (χ1) is 63.4. The highest BCUT2D eigenvalue weighted by Gasteiger charge is 2.47. The molecule has 0 bridgehead atoms. The molecule has 3 aliphatic rings. The number of hydrogen-bond acceptors (Lipinski definition) is 23. The normalized spacial score (nSPS) is 25.1. The average molecular weight is 1850 g/mol. The Bertz CT molecular complexity index is 5160. The number of para-hydroxylation sites is 2. The number of aromatic amines is 3. The minimum Gasteiger partial charge on any atom is -0.508 e. The van der Waals surface area contributed by atoms with E-state index in [1.807, 2.05) is 13.8 Å². The Balaban J connectivity index is 1.07. The summed E-state index contributed by atoms with van der Waals surface area (Å²) >= 11 is 0. The van der Waals surface area contributed by atoms with Crippen LogP contribution in [0.3, 0.4) is 0 Å². The summed E-state index contributed by atoms with van der Waals surface area (Å²) in [5, 5.41) is 72.9. The lowest BCUT2D eigenvalue weighted by molar-refractivity contribution is -0.149. The minimum atomic E-state index is -1.91. The van der Waals surface area contributed by atoms with Crippen LogP contribution < -0.4 is 70.0 Å². The topological polar surface area (TPSA) is 649 Å². The highest BCUT2D eigenvalue weighted by atomic mass is 16.4. The number of nitrogens with zero attached hydrogens (tertiary/aromatic N) is 6. The molecule has 720 valence electrons. The fourth-order valence-corrected chi connectivity index (χ4v) is 16.4. The summed E-state index contributed by atoms with van der Waals surface area (Å²) in [7, 11) is 3.90. The number of aromatic hydroxyl groups is 1. The van der Waals surface area contributed by atoms with E-state index in [9.17, 15) is 73.2 Å². The molecule has 3 aromatic heterocycles. The number of aromatic nitrogens is 4. The standard InChI is InChI=1S/C89H122N22O22/c1-8-10-23-68-82(126)98-48(3)76(120)100-60(78(122)96-43-73(91)116)22-16-32-92-44-74(117)99-64(34-50-26-28-54(113)29-27-50)85(129)107(5)49(4)77(121)104-66(39-75(118)119)88(132)110-33-17-25-69(110)83(127)103-63(37-53-42-93-47-97-53)80(124)101-61(30-31-72(90)115)87(131)111-45-55(114)38-71(111)84(128)102-62(35-51-40-94-58-20-14-12-18-56(51)58)79(123)106-67(46-112)81(125)105-65(36-52-41-95-59-21-15-13-19-57(52)59)86(130)109(7)70(24-11-9-2)89(133)108(68)6/h12-15,18-21,26-29,40-42,47-49,55,60-71,92,94-95,112-114H,8-11,16-17,22-25,30-39,43-46H2,1-7H3,(H2,90,115)(H2,91,116)(H,93,97)(H,96,122)(H,98,126)(H,99,117)(H,100,120)(H,101,124)(H,102,128)(H,103,127)(H,104,121)(H,105,125)(H,106,123)(H,118,119)/t48-,49-,55+,60-,61-,62-,63-,64-,65-,66-,67-,68-,69-,70-,71-/m0/s1. The first-order valence-corrected chi connectivity index (χ1v) is 44.4. The number of fused-ring (bicyclic) bond motifs is 4. The maximum Gasteiger partial charge on any atom is 0.305 e. The summed E-state index contributed by atoms with van der Waals surface area (Å²) in [5.74, 6) is -18.0. The van der Waals surface area contributed by atoms with E-state index >= 15 is 33.6 Å². The van der Waals surface area contributed by atoms with Crippen LogP contribution in [0.25, 0.3) is 21.8 Å². The van der Waals surface area contributed by atoms with Crippen molar-refractivity contribution in [1.82, 2.24) is 103 Å². The molecule has 15 atom stereocenters. The molecule has 22 N–H and O–H groups in total. The zero-order valence-electron chi connectivity index (χ0n) is 75.3. The van der Waals surface area contributed by atoms with Crippen molar-refractivity contribution in [3.05, 3.63) is 120 Å². The maximum absolute atomic E-state index is 15.6. The van der Waals surface area contributed by atoms with Crippen molar-refractivity contribution in [3.8, 4) is 5.75 Å². The van der Waals surface area contributed by atoms with Gasteiger partial charge in [-0.3, -0.25) is 86.3 Å².